The molecule has 0 fully saturated rings. The fourth-order valence-corrected chi connectivity index (χ4v) is 4.03. The van der Waals surface area contributed by atoms with Crippen LogP contribution in [-0.2, 0) is 11.2 Å². The molecule has 0 aliphatic carbocycles. The first-order valence-electron chi connectivity index (χ1n) is 12.6. The summed E-state index contributed by atoms with van der Waals surface area (Å²) >= 11 is 6.28. The number of nitrogens with zero attached hydrogens (tertiary/aromatic N) is 1. The summed E-state index contributed by atoms with van der Waals surface area (Å²) < 4.78 is 5.02. The number of amides is 1. The Labute approximate surface area is 209 Å². The van der Waals surface area contributed by atoms with Gasteiger partial charge in [0.2, 0.25) is 0 Å². The third-order valence-electron chi connectivity index (χ3n) is 5.77. The second kappa shape index (κ2) is 15.4. The van der Waals surface area contributed by atoms with Crippen molar-refractivity contribution in [2.24, 2.45) is 0 Å². The number of halogens is 1. The molecule has 2 aromatic carbocycles. The number of carbonyl (C=O) groups excluding carboxylic acids is 2. The molecule has 0 aromatic heterocycles. The molecule has 2 rings (SSSR count). The largest absolute Gasteiger partial charge is 0.462 e. The number of carbonyl (C=O) groups is 2. The summed E-state index contributed by atoms with van der Waals surface area (Å²) in [5, 5.41) is 3.61. The number of unbranched alkanes of at least 4 members (excludes halogenated alkanes) is 4. The highest BCUT2D eigenvalue weighted by Gasteiger charge is 2.17. The molecule has 6 heteroatoms. The van der Waals surface area contributed by atoms with Crippen LogP contribution in [0, 0.1) is 0 Å². The van der Waals surface area contributed by atoms with Gasteiger partial charge in [0.25, 0.3) is 5.91 Å². The lowest BCUT2D eigenvalue weighted by Crippen LogP contribution is -2.31. The highest BCUT2D eigenvalue weighted by molar-refractivity contribution is 6.31. The van der Waals surface area contributed by atoms with Crippen molar-refractivity contribution < 1.29 is 14.3 Å². The average molecular weight is 487 g/mol. The predicted molar refractivity (Wildman–Crippen MR) is 141 cm³/mol. The smallest absolute Gasteiger partial charge is 0.338 e. The molecule has 0 bridgehead atoms. The van der Waals surface area contributed by atoms with E-state index in [2.05, 4.69) is 24.1 Å². The van der Waals surface area contributed by atoms with Gasteiger partial charge >= 0.3 is 5.97 Å². The number of ether oxygens (including phenoxy) is 1. The van der Waals surface area contributed by atoms with Gasteiger partial charge in [0.05, 0.1) is 17.7 Å². The lowest BCUT2D eigenvalue weighted by atomic mass is 10.1. The zero-order chi connectivity index (χ0) is 24.8. The van der Waals surface area contributed by atoms with Crippen molar-refractivity contribution in [3.8, 4) is 0 Å². The van der Waals surface area contributed by atoms with Crippen molar-refractivity contribution in [3.63, 3.8) is 0 Å². The van der Waals surface area contributed by atoms with Gasteiger partial charge < -0.3 is 15.0 Å². The lowest BCUT2D eigenvalue weighted by Gasteiger charge is -2.27. The lowest BCUT2D eigenvalue weighted by molar-refractivity contribution is 0.0526. The molecule has 186 valence electrons. The monoisotopic (exact) mass is 486 g/mol. The van der Waals surface area contributed by atoms with E-state index in [1.54, 1.807) is 25.1 Å². The number of hydrogen-bond acceptors (Lipinski definition) is 4. The molecule has 0 radical (unpaired) electrons. The van der Waals surface area contributed by atoms with E-state index in [1.807, 2.05) is 24.3 Å². The Bertz CT molecular complexity index is 889. The van der Waals surface area contributed by atoms with Gasteiger partial charge in [-0.3, -0.25) is 4.79 Å². The Hall–Kier alpha value is -2.53. The molecule has 0 heterocycles. The minimum Gasteiger partial charge on any atom is -0.462 e. The number of nitrogens with one attached hydrogen (secondary N) is 1. The highest BCUT2D eigenvalue weighted by atomic mass is 35.5. The summed E-state index contributed by atoms with van der Waals surface area (Å²) in [5.74, 6) is -0.435. The third kappa shape index (κ3) is 9.02. The Morgan fingerprint density at radius 1 is 0.912 bits per heavy atom. The Morgan fingerprint density at radius 2 is 1.56 bits per heavy atom. The minimum absolute atomic E-state index is 0.114. The van der Waals surface area contributed by atoms with E-state index in [-0.39, 0.29) is 11.9 Å². The molecule has 0 aliphatic rings. The van der Waals surface area contributed by atoms with Gasteiger partial charge in [-0.15, -0.1) is 0 Å². The maximum Gasteiger partial charge on any atom is 0.338 e. The molecule has 34 heavy (non-hydrogen) atoms. The number of anilines is 1. The molecular weight excluding hydrogens is 448 g/mol. The SMILES string of the molecule is CCCCCN(CCCCC)c1ccc(Cl)cc1C(=O)NCCc1ccc(C(=O)OCC)cc1. The molecule has 5 nitrogen and oxygen atoms in total. The molecule has 0 unspecified atom stereocenters. The predicted octanol–water partition coefficient (Wildman–Crippen LogP) is 6.68. The van der Waals surface area contributed by atoms with Gasteiger partial charge in [-0.05, 0) is 62.1 Å². The fourth-order valence-electron chi connectivity index (χ4n) is 3.86. The van der Waals surface area contributed by atoms with Gasteiger partial charge in [0.15, 0.2) is 0 Å². The second-order valence-corrected chi connectivity index (χ2v) is 8.92. The first-order chi connectivity index (χ1) is 16.5. The van der Waals surface area contributed by atoms with Crippen LogP contribution in [0.1, 0.15) is 85.6 Å². The van der Waals surface area contributed by atoms with E-state index < -0.39 is 0 Å². The Balaban J connectivity index is 2.05. The van der Waals surface area contributed by atoms with E-state index in [1.165, 1.54) is 12.8 Å². The van der Waals surface area contributed by atoms with E-state index in [4.69, 9.17) is 16.3 Å². The van der Waals surface area contributed by atoms with Crippen LogP contribution < -0.4 is 10.2 Å². The Kier molecular flexibility index (Phi) is 12.5. The van der Waals surface area contributed by atoms with Crippen molar-refractivity contribution in [2.45, 2.75) is 65.7 Å². The number of rotatable bonds is 15. The summed E-state index contributed by atoms with van der Waals surface area (Å²) in [6.07, 6.45) is 7.56. The topological polar surface area (TPSA) is 58.6 Å². The van der Waals surface area contributed by atoms with Gasteiger partial charge in [-0.25, -0.2) is 4.79 Å². The molecule has 2 aromatic rings. The maximum atomic E-state index is 13.1. The average Bonchev–Trinajstić information content (AvgIpc) is 2.84. The normalized spacial score (nSPS) is 10.7. The summed E-state index contributed by atoms with van der Waals surface area (Å²) in [6, 6.07) is 12.9. The van der Waals surface area contributed by atoms with Crippen LogP contribution in [0.3, 0.4) is 0 Å². The third-order valence-corrected chi connectivity index (χ3v) is 6.01. The maximum absolute atomic E-state index is 13.1. The van der Waals surface area contributed by atoms with Gasteiger partial charge in [0.1, 0.15) is 0 Å². The Morgan fingerprint density at radius 3 is 2.15 bits per heavy atom. The molecule has 0 saturated heterocycles. The van der Waals surface area contributed by atoms with Crippen molar-refractivity contribution in [2.75, 3.05) is 31.1 Å². The van der Waals surface area contributed by atoms with Crippen molar-refractivity contribution >= 4 is 29.2 Å². The molecule has 1 amide bonds. The molecule has 0 aliphatic heterocycles. The van der Waals surface area contributed by atoms with Crippen LogP contribution in [0.5, 0.6) is 0 Å². The van der Waals surface area contributed by atoms with Crippen molar-refractivity contribution in [1.82, 2.24) is 5.32 Å². The van der Waals surface area contributed by atoms with Crippen LogP contribution in [0.25, 0.3) is 0 Å². The highest BCUT2D eigenvalue weighted by Crippen LogP contribution is 2.26. The first-order valence-corrected chi connectivity index (χ1v) is 13.0. The molecular formula is C28H39ClN2O3. The van der Waals surface area contributed by atoms with Gasteiger partial charge in [-0.1, -0.05) is 63.3 Å². The van der Waals surface area contributed by atoms with Gasteiger partial charge in [-0.2, -0.15) is 0 Å². The van der Waals surface area contributed by atoms with E-state index in [0.717, 1.165) is 50.0 Å². The summed E-state index contributed by atoms with van der Waals surface area (Å²) in [7, 11) is 0. The minimum atomic E-state index is -0.321. The fraction of sp³-hybridized carbons (Fsp3) is 0.500. The molecule has 0 atom stereocenters. The summed E-state index contributed by atoms with van der Waals surface area (Å²) in [5.41, 5.74) is 3.15. The van der Waals surface area contributed by atoms with E-state index in [9.17, 15) is 9.59 Å². The van der Waals surface area contributed by atoms with Crippen LogP contribution >= 0.6 is 11.6 Å². The summed E-state index contributed by atoms with van der Waals surface area (Å²) in [4.78, 5) is 27.3. The molecule has 0 saturated carbocycles. The van der Waals surface area contributed by atoms with Crippen LogP contribution in [0.2, 0.25) is 5.02 Å². The first kappa shape index (κ1) is 27.7. The zero-order valence-electron chi connectivity index (χ0n) is 20.9. The van der Waals surface area contributed by atoms with Crippen molar-refractivity contribution in [1.29, 1.82) is 0 Å². The molecule has 0 spiro atoms. The molecule has 1 N–H and O–H groups in total. The number of benzene rings is 2. The van der Waals surface area contributed by atoms with Crippen LogP contribution in [0.4, 0.5) is 5.69 Å². The van der Waals surface area contributed by atoms with Crippen molar-refractivity contribution in [3.05, 3.63) is 64.2 Å². The quantitative estimate of drug-likeness (QED) is 0.225. The number of hydrogen-bond donors (Lipinski definition) is 1. The van der Waals surface area contributed by atoms with E-state index >= 15 is 0 Å². The number of esters is 1. The second-order valence-electron chi connectivity index (χ2n) is 8.49. The zero-order valence-corrected chi connectivity index (χ0v) is 21.6. The standard InChI is InChI=1S/C28H39ClN2O3/c1-4-7-9-19-31(20-10-8-5-2)26-16-15-24(29)21-25(26)27(32)30-18-17-22-11-13-23(14-12-22)28(33)34-6-3/h11-16,21H,4-10,17-20H2,1-3H3,(H,30,32). The summed E-state index contributed by atoms with van der Waals surface area (Å²) in [6.45, 7) is 8.91. The van der Waals surface area contributed by atoms with Crippen LogP contribution in [0.15, 0.2) is 42.5 Å². The van der Waals surface area contributed by atoms with Crippen LogP contribution in [-0.4, -0.2) is 38.1 Å². The van der Waals surface area contributed by atoms with Gasteiger partial charge in [0, 0.05) is 30.3 Å². The van der Waals surface area contributed by atoms with E-state index in [0.29, 0.717) is 35.7 Å².